The van der Waals surface area contributed by atoms with Gasteiger partial charge in [0.05, 0.1) is 6.61 Å². The molecule has 0 radical (unpaired) electrons. The monoisotopic (exact) mass is 208 g/mol. The van der Waals surface area contributed by atoms with Crippen LogP contribution < -0.4 is 0 Å². The van der Waals surface area contributed by atoms with E-state index in [4.69, 9.17) is 20.4 Å². The van der Waals surface area contributed by atoms with Crippen LogP contribution in [0.2, 0.25) is 0 Å². The Morgan fingerprint density at radius 2 is 1.64 bits per heavy atom. The Morgan fingerprint density at radius 3 is 2.00 bits per heavy atom. The minimum absolute atomic E-state index is 0.0141. The van der Waals surface area contributed by atoms with E-state index in [-0.39, 0.29) is 6.42 Å². The van der Waals surface area contributed by atoms with E-state index in [0.717, 1.165) is 0 Å². The summed E-state index contributed by atoms with van der Waals surface area (Å²) in [5.74, 6) is -0.637. The summed E-state index contributed by atoms with van der Waals surface area (Å²) in [5.41, 5.74) is 0. The molecule has 5 N–H and O–H groups in total. The van der Waals surface area contributed by atoms with E-state index in [9.17, 15) is 9.90 Å². The van der Waals surface area contributed by atoms with Crippen molar-refractivity contribution in [2.45, 2.75) is 37.8 Å². The number of ketones is 1. The quantitative estimate of drug-likeness (QED) is 0.327. The highest BCUT2D eigenvalue weighted by Crippen LogP contribution is 2.07. The van der Waals surface area contributed by atoms with E-state index < -0.39 is 36.8 Å². The molecule has 0 aliphatic rings. The molecule has 0 spiro atoms. The molecule has 0 heterocycles. The molecule has 0 fully saturated rings. The predicted octanol–water partition coefficient (Wildman–Crippen LogP) is -2.60. The fourth-order valence-electron chi connectivity index (χ4n) is 0.922. The molecule has 0 saturated carbocycles. The molecule has 0 aromatic heterocycles. The maximum absolute atomic E-state index is 10.9. The average Bonchev–Trinajstić information content (AvgIpc) is 2.23. The van der Waals surface area contributed by atoms with E-state index in [1.807, 2.05) is 0 Å². The first-order chi connectivity index (χ1) is 6.45. The molecule has 0 saturated heterocycles. The highest BCUT2D eigenvalue weighted by atomic mass is 16.4. The molecule has 6 heteroatoms. The van der Waals surface area contributed by atoms with Crippen LogP contribution in [0.5, 0.6) is 0 Å². The third-order valence-electron chi connectivity index (χ3n) is 1.93. The Balaban J connectivity index is 4.30. The van der Waals surface area contributed by atoms with E-state index in [2.05, 4.69) is 0 Å². The number of rotatable bonds is 6. The smallest absolute Gasteiger partial charge is 0.163 e. The minimum atomic E-state index is -1.79. The summed E-state index contributed by atoms with van der Waals surface area (Å²) < 4.78 is 0. The molecule has 0 rings (SSSR count). The normalized spacial score (nSPS) is 19.9. The molecular weight excluding hydrogens is 192 g/mol. The SMILES string of the molecule is CCC(=O)[C@H](O)[C@@H](O)[C@@H](O)[C@H](O)CO. The third-order valence-corrected chi connectivity index (χ3v) is 1.93. The van der Waals surface area contributed by atoms with E-state index in [1.165, 1.54) is 6.92 Å². The number of carbonyl (C=O) groups excluding carboxylic acids is 1. The second-order valence-corrected chi connectivity index (χ2v) is 3.00. The van der Waals surface area contributed by atoms with Gasteiger partial charge in [0.15, 0.2) is 5.78 Å². The Hall–Kier alpha value is -0.530. The molecule has 0 aliphatic heterocycles. The lowest BCUT2D eigenvalue weighted by Gasteiger charge is -2.24. The summed E-state index contributed by atoms with van der Waals surface area (Å²) in [6.07, 6.45) is -6.84. The summed E-state index contributed by atoms with van der Waals surface area (Å²) in [4.78, 5) is 10.9. The predicted molar refractivity (Wildman–Crippen MR) is 46.4 cm³/mol. The van der Waals surface area contributed by atoms with Gasteiger partial charge in [0.2, 0.25) is 0 Å². The van der Waals surface area contributed by atoms with Crippen LogP contribution in [0.1, 0.15) is 13.3 Å². The highest BCUT2D eigenvalue weighted by Gasteiger charge is 2.32. The molecule has 4 atom stereocenters. The molecule has 0 amide bonds. The Labute approximate surface area is 81.4 Å². The molecule has 0 bridgehead atoms. The lowest BCUT2D eigenvalue weighted by Crippen LogP contribution is -2.48. The summed E-state index contributed by atoms with van der Waals surface area (Å²) in [6, 6.07) is 0. The number of carbonyl (C=O) groups is 1. The van der Waals surface area contributed by atoms with Crippen LogP contribution in [0.15, 0.2) is 0 Å². The zero-order chi connectivity index (χ0) is 11.3. The standard InChI is InChI=1S/C8H16O6/c1-2-4(10)6(12)8(14)7(13)5(11)3-9/h5-9,11-14H,2-3H2,1H3/t5-,6+,7+,8-/m1/s1. The number of hydrogen-bond acceptors (Lipinski definition) is 6. The first-order valence-electron chi connectivity index (χ1n) is 4.31. The Bertz CT molecular complexity index is 183. The largest absolute Gasteiger partial charge is 0.394 e. The first-order valence-corrected chi connectivity index (χ1v) is 4.31. The third kappa shape index (κ3) is 3.32. The minimum Gasteiger partial charge on any atom is -0.394 e. The molecule has 0 aromatic carbocycles. The fraction of sp³-hybridized carbons (Fsp3) is 0.875. The topological polar surface area (TPSA) is 118 Å². The van der Waals surface area contributed by atoms with E-state index in [1.54, 1.807) is 0 Å². The molecule has 0 aliphatic carbocycles. The lowest BCUT2D eigenvalue weighted by atomic mass is 9.99. The number of aliphatic hydroxyl groups excluding tert-OH is 5. The summed E-state index contributed by atoms with van der Waals surface area (Å²) in [6.45, 7) is 0.735. The van der Waals surface area contributed by atoms with Gasteiger partial charge in [0, 0.05) is 6.42 Å². The van der Waals surface area contributed by atoms with Crippen molar-refractivity contribution in [1.82, 2.24) is 0 Å². The zero-order valence-corrected chi connectivity index (χ0v) is 7.87. The van der Waals surface area contributed by atoms with Crippen molar-refractivity contribution in [3.05, 3.63) is 0 Å². The van der Waals surface area contributed by atoms with Gasteiger partial charge < -0.3 is 25.5 Å². The van der Waals surface area contributed by atoms with Crippen molar-refractivity contribution in [1.29, 1.82) is 0 Å². The maximum atomic E-state index is 10.9. The van der Waals surface area contributed by atoms with Gasteiger partial charge in [-0.1, -0.05) is 6.92 Å². The van der Waals surface area contributed by atoms with Gasteiger partial charge >= 0.3 is 0 Å². The van der Waals surface area contributed by atoms with Crippen molar-refractivity contribution in [3.8, 4) is 0 Å². The Kier molecular flexibility index (Phi) is 5.82. The number of aliphatic hydroxyl groups is 5. The van der Waals surface area contributed by atoms with Gasteiger partial charge in [-0.05, 0) is 0 Å². The van der Waals surface area contributed by atoms with Crippen LogP contribution in [0.25, 0.3) is 0 Å². The zero-order valence-electron chi connectivity index (χ0n) is 7.87. The summed E-state index contributed by atoms with van der Waals surface area (Å²) >= 11 is 0. The van der Waals surface area contributed by atoms with Gasteiger partial charge in [0.25, 0.3) is 0 Å². The number of Topliss-reactive ketones (excluding diaryl/α,β-unsaturated/α-hetero) is 1. The molecular formula is C8H16O6. The van der Waals surface area contributed by atoms with Gasteiger partial charge in [-0.25, -0.2) is 0 Å². The summed E-state index contributed by atoms with van der Waals surface area (Å²) in [5, 5.41) is 44.8. The average molecular weight is 208 g/mol. The van der Waals surface area contributed by atoms with E-state index >= 15 is 0 Å². The van der Waals surface area contributed by atoms with Crippen molar-refractivity contribution >= 4 is 5.78 Å². The maximum Gasteiger partial charge on any atom is 0.163 e. The van der Waals surface area contributed by atoms with Gasteiger partial charge in [-0.2, -0.15) is 0 Å². The van der Waals surface area contributed by atoms with Crippen molar-refractivity contribution in [2.75, 3.05) is 6.61 Å². The van der Waals surface area contributed by atoms with Gasteiger partial charge in [0.1, 0.15) is 24.4 Å². The van der Waals surface area contributed by atoms with Crippen LogP contribution >= 0.6 is 0 Å². The van der Waals surface area contributed by atoms with Crippen molar-refractivity contribution in [3.63, 3.8) is 0 Å². The molecule has 0 unspecified atom stereocenters. The van der Waals surface area contributed by atoms with Crippen LogP contribution in [0.4, 0.5) is 0 Å². The lowest BCUT2D eigenvalue weighted by molar-refractivity contribution is -0.146. The highest BCUT2D eigenvalue weighted by molar-refractivity contribution is 5.83. The van der Waals surface area contributed by atoms with E-state index in [0.29, 0.717) is 0 Å². The van der Waals surface area contributed by atoms with Crippen molar-refractivity contribution < 1.29 is 30.3 Å². The molecule has 84 valence electrons. The van der Waals surface area contributed by atoms with Crippen LogP contribution in [0, 0.1) is 0 Å². The van der Waals surface area contributed by atoms with Crippen molar-refractivity contribution in [2.24, 2.45) is 0 Å². The molecule has 14 heavy (non-hydrogen) atoms. The van der Waals surface area contributed by atoms with Crippen LogP contribution in [-0.2, 0) is 4.79 Å². The van der Waals surface area contributed by atoms with Crippen LogP contribution in [0.3, 0.4) is 0 Å². The Morgan fingerprint density at radius 1 is 1.14 bits per heavy atom. The summed E-state index contributed by atoms with van der Waals surface area (Å²) in [7, 11) is 0. The van der Waals surface area contributed by atoms with Gasteiger partial charge in [-0.3, -0.25) is 4.79 Å². The fourth-order valence-corrected chi connectivity index (χ4v) is 0.922. The molecule has 0 aromatic rings. The second-order valence-electron chi connectivity index (χ2n) is 3.00. The van der Waals surface area contributed by atoms with Crippen LogP contribution in [-0.4, -0.2) is 62.3 Å². The first kappa shape index (κ1) is 13.5. The second kappa shape index (κ2) is 6.05. The molecule has 6 nitrogen and oxygen atoms in total. The number of hydrogen-bond donors (Lipinski definition) is 5. The van der Waals surface area contributed by atoms with Gasteiger partial charge in [-0.15, -0.1) is 0 Å².